The summed E-state index contributed by atoms with van der Waals surface area (Å²) in [5.74, 6) is 0.486. The third kappa shape index (κ3) is 4.02. The van der Waals surface area contributed by atoms with Crippen molar-refractivity contribution in [2.24, 2.45) is 5.92 Å². The summed E-state index contributed by atoms with van der Waals surface area (Å²) in [6, 6.07) is 9.92. The highest BCUT2D eigenvalue weighted by Gasteiger charge is 2.28. The number of methoxy groups -OCH3 is 1. The average molecular weight is 342 g/mol. The van der Waals surface area contributed by atoms with E-state index in [2.05, 4.69) is 17.3 Å². The van der Waals surface area contributed by atoms with Gasteiger partial charge in [-0.3, -0.25) is 0 Å². The summed E-state index contributed by atoms with van der Waals surface area (Å²) >= 11 is 0. The SMILES string of the molecule is CO[C@@H]1CN(C(=O)NCc2cn(-c3ccccc3)nc2C)CC[C@@H]1C. The minimum absolute atomic E-state index is 0.0409. The van der Waals surface area contributed by atoms with Crippen LogP contribution in [0, 0.1) is 12.8 Å². The molecular formula is C19H26N4O2. The highest BCUT2D eigenvalue weighted by atomic mass is 16.5. The van der Waals surface area contributed by atoms with Gasteiger partial charge in [-0.1, -0.05) is 25.1 Å². The van der Waals surface area contributed by atoms with Gasteiger partial charge in [-0.15, -0.1) is 0 Å². The van der Waals surface area contributed by atoms with E-state index >= 15 is 0 Å². The van der Waals surface area contributed by atoms with Crippen molar-refractivity contribution in [1.82, 2.24) is 20.0 Å². The number of aryl methyl sites for hydroxylation is 1. The Balaban J connectivity index is 1.60. The molecule has 0 saturated carbocycles. The quantitative estimate of drug-likeness (QED) is 0.929. The Kier molecular flexibility index (Phi) is 5.38. The number of benzene rings is 1. The van der Waals surface area contributed by atoms with Gasteiger partial charge < -0.3 is 15.0 Å². The fourth-order valence-electron chi connectivity index (χ4n) is 3.19. The van der Waals surface area contributed by atoms with Crippen molar-refractivity contribution in [3.05, 3.63) is 47.8 Å². The number of rotatable bonds is 4. The molecule has 0 radical (unpaired) electrons. The molecule has 3 rings (SSSR count). The topological polar surface area (TPSA) is 59.4 Å². The van der Waals surface area contributed by atoms with Crippen LogP contribution in [-0.2, 0) is 11.3 Å². The number of carbonyl (C=O) groups is 1. The first-order valence-electron chi connectivity index (χ1n) is 8.74. The summed E-state index contributed by atoms with van der Waals surface area (Å²) in [6.07, 6.45) is 3.06. The van der Waals surface area contributed by atoms with Gasteiger partial charge in [0.1, 0.15) is 0 Å². The Bertz CT molecular complexity index is 713. The molecule has 2 atom stereocenters. The van der Waals surface area contributed by atoms with Crippen LogP contribution in [0.3, 0.4) is 0 Å². The number of aromatic nitrogens is 2. The standard InChI is InChI=1S/C19H26N4O2/c1-14-9-10-22(13-18(14)25-3)19(24)20-11-16-12-23(21-15(16)2)17-7-5-4-6-8-17/h4-8,12,14,18H,9-11,13H2,1-3H3,(H,20,24)/t14-,18+/m0/s1. The third-order valence-corrected chi connectivity index (χ3v) is 4.93. The Labute approximate surface area is 148 Å². The Morgan fingerprint density at radius 2 is 2.12 bits per heavy atom. The van der Waals surface area contributed by atoms with Crippen LogP contribution in [0.15, 0.2) is 36.5 Å². The predicted molar refractivity (Wildman–Crippen MR) is 96.7 cm³/mol. The maximum Gasteiger partial charge on any atom is 0.317 e. The monoisotopic (exact) mass is 342 g/mol. The van der Waals surface area contributed by atoms with Crippen LogP contribution in [0.2, 0.25) is 0 Å². The number of ether oxygens (including phenoxy) is 1. The van der Waals surface area contributed by atoms with Crippen LogP contribution < -0.4 is 5.32 Å². The Morgan fingerprint density at radius 1 is 1.36 bits per heavy atom. The molecule has 1 saturated heterocycles. The van der Waals surface area contributed by atoms with Gasteiger partial charge in [-0.2, -0.15) is 5.10 Å². The second kappa shape index (κ2) is 7.70. The lowest BCUT2D eigenvalue weighted by molar-refractivity contribution is 0.00714. The summed E-state index contributed by atoms with van der Waals surface area (Å²) in [4.78, 5) is 14.3. The molecule has 6 heteroatoms. The number of hydrogen-bond acceptors (Lipinski definition) is 3. The second-order valence-corrected chi connectivity index (χ2v) is 6.66. The van der Waals surface area contributed by atoms with Crippen LogP contribution in [0.1, 0.15) is 24.6 Å². The summed E-state index contributed by atoms with van der Waals surface area (Å²) in [5.41, 5.74) is 2.95. The van der Waals surface area contributed by atoms with Crippen molar-refractivity contribution in [2.45, 2.75) is 32.9 Å². The van der Waals surface area contributed by atoms with Crippen LogP contribution in [0.4, 0.5) is 4.79 Å². The third-order valence-electron chi connectivity index (χ3n) is 4.93. The fourth-order valence-corrected chi connectivity index (χ4v) is 3.19. The maximum absolute atomic E-state index is 12.5. The maximum atomic E-state index is 12.5. The lowest BCUT2D eigenvalue weighted by Gasteiger charge is -2.36. The summed E-state index contributed by atoms with van der Waals surface area (Å²) < 4.78 is 7.33. The molecular weight excluding hydrogens is 316 g/mol. The van der Waals surface area contributed by atoms with E-state index < -0.39 is 0 Å². The zero-order chi connectivity index (χ0) is 17.8. The molecule has 134 valence electrons. The van der Waals surface area contributed by atoms with Gasteiger partial charge in [0.25, 0.3) is 0 Å². The number of para-hydroxylation sites is 1. The van der Waals surface area contributed by atoms with Crippen LogP contribution in [-0.4, -0.2) is 47.0 Å². The lowest BCUT2D eigenvalue weighted by Crippen LogP contribution is -2.50. The number of hydrogen-bond donors (Lipinski definition) is 1. The molecule has 1 aromatic carbocycles. The molecule has 25 heavy (non-hydrogen) atoms. The van der Waals surface area contributed by atoms with E-state index in [1.165, 1.54) is 0 Å². The lowest BCUT2D eigenvalue weighted by atomic mass is 9.96. The van der Waals surface area contributed by atoms with Gasteiger partial charge in [-0.25, -0.2) is 9.48 Å². The van der Waals surface area contributed by atoms with Gasteiger partial charge in [0.2, 0.25) is 0 Å². The molecule has 2 amide bonds. The largest absolute Gasteiger partial charge is 0.379 e. The first-order chi connectivity index (χ1) is 12.1. The van der Waals surface area contributed by atoms with E-state index in [1.54, 1.807) is 7.11 Å². The molecule has 1 aliphatic heterocycles. The van der Waals surface area contributed by atoms with Crippen molar-refractivity contribution in [3.8, 4) is 5.69 Å². The molecule has 2 aromatic rings. The van der Waals surface area contributed by atoms with Gasteiger partial charge in [0, 0.05) is 38.5 Å². The van der Waals surface area contributed by atoms with E-state index in [0.29, 0.717) is 19.0 Å². The molecule has 0 spiro atoms. The van der Waals surface area contributed by atoms with Crippen molar-refractivity contribution in [3.63, 3.8) is 0 Å². The van der Waals surface area contributed by atoms with Crippen LogP contribution in [0.5, 0.6) is 0 Å². The van der Waals surface area contributed by atoms with E-state index in [4.69, 9.17) is 4.74 Å². The minimum Gasteiger partial charge on any atom is -0.379 e. The van der Waals surface area contributed by atoms with Crippen LogP contribution >= 0.6 is 0 Å². The van der Waals surface area contributed by atoms with E-state index in [0.717, 1.165) is 29.9 Å². The zero-order valence-corrected chi connectivity index (χ0v) is 15.1. The first kappa shape index (κ1) is 17.5. The molecule has 1 N–H and O–H groups in total. The van der Waals surface area contributed by atoms with Gasteiger partial charge in [0.05, 0.1) is 17.5 Å². The molecule has 1 aliphatic rings. The number of piperidine rings is 1. The van der Waals surface area contributed by atoms with Crippen molar-refractivity contribution in [1.29, 1.82) is 0 Å². The smallest absolute Gasteiger partial charge is 0.317 e. The normalized spacial score (nSPS) is 20.5. The highest BCUT2D eigenvalue weighted by Crippen LogP contribution is 2.19. The Morgan fingerprint density at radius 3 is 2.84 bits per heavy atom. The number of amides is 2. The number of urea groups is 1. The van der Waals surface area contributed by atoms with Gasteiger partial charge in [0.15, 0.2) is 0 Å². The first-order valence-corrected chi connectivity index (χ1v) is 8.74. The van der Waals surface area contributed by atoms with Crippen molar-refractivity contribution >= 4 is 6.03 Å². The second-order valence-electron chi connectivity index (χ2n) is 6.66. The minimum atomic E-state index is -0.0409. The van der Waals surface area contributed by atoms with Crippen molar-refractivity contribution < 1.29 is 9.53 Å². The van der Waals surface area contributed by atoms with E-state index in [1.807, 2.05) is 53.0 Å². The number of nitrogens with zero attached hydrogens (tertiary/aromatic N) is 3. The van der Waals surface area contributed by atoms with Gasteiger partial charge in [-0.05, 0) is 31.4 Å². The van der Waals surface area contributed by atoms with E-state index in [-0.39, 0.29) is 12.1 Å². The molecule has 1 fully saturated rings. The average Bonchev–Trinajstić information content (AvgIpc) is 3.01. The number of carbonyl (C=O) groups excluding carboxylic acids is 1. The van der Waals surface area contributed by atoms with E-state index in [9.17, 15) is 4.79 Å². The fraction of sp³-hybridized carbons (Fsp3) is 0.474. The van der Waals surface area contributed by atoms with Crippen molar-refractivity contribution in [2.75, 3.05) is 20.2 Å². The molecule has 0 bridgehead atoms. The highest BCUT2D eigenvalue weighted by molar-refractivity contribution is 5.74. The molecule has 0 aliphatic carbocycles. The molecule has 2 heterocycles. The zero-order valence-electron chi connectivity index (χ0n) is 15.1. The number of nitrogens with one attached hydrogen (secondary N) is 1. The molecule has 1 aromatic heterocycles. The van der Waals surface area contributed by atoms with Gasteiger partial charge >= 0.3 is 6.03 Å². The molecule has 0 unspecified atom stereocenters. The molecule has 6 nitrogen and oxygen atoms in total. The Hall–Kier alpha value is -2.34. The summed E-state index contributed by atoms with van der Waals surface area (Å²) in [6.45, 7) is 6.03. The summed E-state index contributed by atoms with van der Waals surface area (Å²) in [5, 5.41) is 7.55. The van der Waals surface area contributed by atoms with Crippen LogP contribution in [0.25, 0.3) is 5.69 Å². The number of likely N-dealkylation sites (tertiary alicyclic amines) is 1. The summed E-state index contributed by atoms with van der Waals surface area (Å²) in [7, 11) is 1.71. The predicted octanol–water partition coefficient (Wildman–Crippen LogP) is 2.75.